The van der Waals surface area contributed by atoms with Crippen molar-refractivity contribution < 1.29 is 19.1 Å². The second-order valence-electron chi connectivity index (χ2n) is 4.97. The van der Waals surface area contributed by atoms with Crippen LogP contribution in [0, 0.1) is 0 Å². The molecule has 2 aliphatic heterocycles. The third kappa shape index (κ3) is 3.20. The molecule has 2 saturated heterocycles. The first kappa shape index (κ1) is 13.3. The Bertz CT molecular complexity index is 308. The second kappa shape index (κ2) is 5.67. The highest BCUT2D eigenvalue weighted by Gasteiger charge is 2.30. The lowest BCUT2D eigenvalue weighted by Gasteiger charge is -2.35. The Morgan fingerprint density at radius 2 is 1.83 bits per heavy atom. The molecule has 2 aliphatic rings. The molecule has 2 amide bonds. The number of carbonyl (C=O) groups excluding carboxylic acids is 2. The largest absolute Gasteiger partial charge is 0.439 e. The van der Waals surface area contributed by atoms with Crippen LogP contribution in [0.25, 0.3) is 0 Å². The van der Waals surface area contributed by atoms with E-state index in [0.717, 1.165) is 26.1 Å². The van der Waals surface area contributed by atoms with E-state index < -0.39 is 6.09 Å². The summed E-state index contributed by atoms with van der Waals surface area (Å²) >= 11 is 0. The Kier molecular flexibility index (Phi) is 4.19. The number of morpholine rings is 1. The maximum Gasteiger partial charge on any atom is 0.417 e. The van der Waals surface area contributed by atoms with Gasteiger partial charge in [0.1, 0.15) is 0 Å². The molecule has 0 N–H and O–H groups in total. The van der Waals surface area contributed by atoms with Crippen molar-refractivity contribution in [2.75, 3.05) is 32.8 Å². The van der Waals surface area contributed by atoms with Crippen molar-refractivity contribution in [2.24, 2.45) is 0 Å². The SMILES string of the molecule is CC1CN(CCCN2C(=O)COC2=O)CC(C)O1. The van der Waals surface area contributed by atoms with Crippen LogP contribution in [0.5, 0.6) is 0 Å². The van der Waals surface area contributed by atoms with Crippen LogP contribution >= 0.6 is 0 Å². The lowest BCUT2D eigenvalue weighted by Crippen LogP contribution is -2.46. The predicted molar refractivity (Wildman–Crippen MR) is 64.1 cm³/mol. The Labute approximate surface area is 107 Å². The van der Waals surface area contributed by atoms with Gasteiger partial charge in [0, 0.05) is 26.2 Å². The van der Waals surface area contributed by atoms with Gasteiger partial charge in [-0.3, -0.25) is 9.69 Å². The van der Waals surface area contributed by atoms with E-state index in [4.69, 9.17) is 4.74 Å². The summed E-state index contributed by atoms with van der Waals surface area (Å²) in [6, 6.07) is 0. The van der Waals surface area contributed by atoms with E-state index in [2.05, 4.69) is 23.5 Å². The molecule has 0 aromatic carbocycles. The Morgan fingerprint density at radius 1 is 1.17 bits per heavy atom. The molecule has 2 fully saturated rings. The molecule has 2 rings (SSSR count). The van der Waals surface area contributed by atoms with E-state index in [1.54, 1.807) is 0 Å². The highest BCUT2D eigenvalue weighted by Crippen LogP contribution is 2.12. The van der Waals surface area contributed by atoms with Crippen LogP contribution in [-0.2, 0) is 14.3 Å². The third-order valence-electron chi connectivity index (χ3n) is 3.19. The monoisotopic (exact) mass is 256 g/mol. The normalized spacial score (nSPS) is 29.8. The Morgan fingerprint density at radius 3 is 2.39 bits per heavy atom. The van der Waals surface area contributed by atoms with Gasteiger partial charge in [0.05, 0.1) is 12.2 Å². The molecule has 0 radical (unpaired) electrons. The summed E-state index contributed by atoms with van der Waals surface area (Å²) in [5.74, 6) is -0.233. The topological polar surface area (TPSA) is 59.1 Å². The Balaban J connectivity index is 1.72. The van der Waals surface area contributed by atoms with E-state index in [1.165, 1.54) is 4.90 Å². The highest BCUT2D eigenvalue weighted by molar-refractivity contribution is 5.97. The van der Waals surface area contributed by atoms with Crippen molar-refractivity contribution in [3.05, 3.63) is 0 Å². The summed E-state index contributed by atoms with van der Waals surface area (Å²) in [4.78, 5) is 26.0. The molecule has 0 aromatic rings. The van der Waals surface area contributed by atoms with Crippen molar-refractivity contribution in [3.63, 3.8) is 0 Å². The molecule has 2 atom stereocenters. The first-order valence-electron chi connectivity index (χ1n) is 6.41. The van der Waals surface area contributed by atoms with Gasteiger partial charge in [-0.15, -0.1) is 0 Å². The van der Waals surface area contributed by atoms with Crippen LogP contribution in [-0.4, -0.2) is 66.8 Å². The number of cyclic esters (lactones) is 1. The van der Waals surface area contributed by atoms with Gasteiger partial charge < -0.3 is 9.47 Å². The average Bonchev–Trinajstić information content (AvgIpc) is 2.59. The van der Waals surface area contributed by atoms with E-state index in [0.29, 0.717) is 6.54 Å². The summed E-state index contributed by atoms with van der Waals surface area (Å²) in [7, 11) is 0. The van der Waals surface area contributed by atoms with Gasteiger partial charge in [-0.1, -0.05) is 0 Å². The summed E-state index contributed by atoms with van der Waals surface area (Å²) in [5, 5.41) is 0. The van der Waals surface area contributed by atoms with E-state index in [1.807, 2.05) is 0 Å². The van der Waals surface area contributed by atoms with Crippen LogP contribution in [0.1, 0.15) is 20.3 Å². The van der Waals surface area contributed by atoms with Gasteiger partial charge in [-0.2, -0.15) is 0 Å². The fraction of sp³-hybridized carbons (Fsp3) is 0.833. The van der Waals surface area contributed by atoms with Gasteiger partial charge in [-0.25, -0.2) is 9.69 Å². The number of imide groups is 1. The van der Waals surface area contributed by atoms with Gasteiger partial charge in [0.25, 0.3) is 5.91 Å². The van der Waals surface area contributed by atoms with Crippen molar-refractivity contribution in [1.82, 2.24) is 9.80 Å². The fourth-order valence-corrected chi connectivity index (χ4v) is 2.52. The van der Waals surface area contributed by atoms with Gasteiger partial charge >= 0.3 is 6.09 Å². The van der Waals surface area contributed by atoms with Crippen molar-refractivity contribution >= 4 is 12.0 Å². The van der Waals surface area contributed by atoms with Gasteiger partial charge in [0.2, 0.25) is 0 Å². The minimum absolute atomic E-state index is 0.107. The molecule has 2 unspecified atom stereocenters. The number of carbonyl (C=O) groups is 2. The van der Waals surface area contributed by atoms with Crippen molar-refractivity contribution in [1.29, 1.82) is 0 Å². The summed E-state index contributed by atoms with van der Waals surface area (Å²) in [6.45, 7) is 7.14. The molecule has 0 spiro atoms. The van der Waals surface area contributed by atoms with Gasteiger partial charge in [-0.05, 0) is 20.3 Å². The molecule has 0 aliphatic carbocycles. The van der Waals surface area contributed by atoms with Crippen molar-refractivity contribution in [3.8, 4) is 0 Å². The average molecular weight is 256 g/mol. The molecule has 0 aromatic heterocycles. The van der Waals surface area contributed by atoms with Crippen LogP contribution in [0.3, 0.4) is 0 Å². The number of amides is 2. The van der Waals surface area contributed by atoms with E-state index in [9.17, 15) is 9.59 Å². The Hall–Kier alpha value is -1.14. The molecule has 102 valence electrons. The third-order valence-corrected chi connectivity index (χ3v) is 3.19. The summed E-state index contributed by atoms with van der Waals surface area (Å²) in [6.07, 6.45) is 0.753. The van der Waals surface area contributed by atoms with E-state index in [-0.39, 0.29) is 24.7 Å². The van der Waals surface area contributed by atoms with E-state index >= 15 is 0 Å². The molecule has 0 saturated carbocycles. The minimum atomic E-state index is -0.510. The zero-order chi connectivity index (χ0) is 13.1. The van der Waals surface area contributed by atoms with Crippen LogP contribution in [0.2, 0.25) is 0 Å². The molecule has 0 bridgehead atoms. The number of hydrogen-bond acceptors (Lipinski definition) is 5. The molecule has 6 heteroatoms. The molecule has 18 heavy (non-hydrogen) atoms. The van der Waals surface area contributed by atoms with Crippen LogP contribution in [0.15, 0.2) is 0 Å². The second-order valence-corrected chi connectivity index (χ2v) is 4.97. The van der Waals surface area contributed by atoms with Gasteiger partial charge in [0.15, 0.2) is 6.61 Å². The number of hydrogen-bond donors (Lipinski definition) is 0. The highest BCUT2D eigenvalue weighted by atomic mass is 16.6. The smallest absolute Gasteiger partial charge is 0.417 e. The molecular weight excluding hydrogens is 236 g/mol. The first-order chi connectivity index (χ1) is 8.56. The maximum atomic E-state index is 11.3. The number of ether oxygens (including phenoxy) is 2. The number of rotatable bonds is 4. The maximum absolute atomic E-state index is 11.3. The zero-order valence-corrected chi connectivity index (χ0v) is 10.9. The lowest BCUT2D eigenvalue weighted by atomic mass is 10.2. The lowest BCUT2D eigenvalue weighted by molar-refractivity contribution is -0.126. The molecule has 2 heterocycles. The predicted octanol–water partition coefficient (Wildman–Crippen LogP) is 0.464. The minimum Gasteiger partial charge on any atom is -0.439 e. The quantitative estimate of drug-likeness (QED) is 0.731. The standard InChI is InChI=1S/C12H20N2O4/c1-9-6-13(7-10(2)18-9)4-3-5-14-11(15)8-17-12(14)16/h9-10H,3-8H2,1-2H3. The zero-order valence-electron chi connectivity index (χ0n) is 10.9. The van der Waals surface area contributed by atoms with Crippen LogP contribution in [0.4, 0.5) is 4.79 Å². The first-order valence-corrected chi connectivity index (χ1v) is 6.41. The van der Waals surface area contributed by atoms with Crippen molar-refractivity contribution in [2.45, 2.75) is 32.5 Å². The molecule has 6 nitrogen and oxygen atoms in total. The number of nitrogens with zero attached hydrogens (tertiary/aromatic N) is 2. The summed E-state index contributed by atoms with van der Waals surface area (Å²) < 4.78 is 10.3. The fourth-order valence-electron chi connectivity index (χ4n) is 2.52. The van der Waals surface area contributed by atoms with Crippen LogP contribution < -0.4 is 0 Å². The summed E-state index contributed by atoms with van der Waals surface area (Å²) in [5.41, 5.74) is 0. The molecular formula is C12H20N2O4.